The number of aromatic amines is 1. The molecule has 0 radical (unpaired) electrons. The maximum atomic E-state index is 12.3. The first-order chi connectivity index (χ1) is 14.1. The van der Waals surface area contributed by atoms with Crippen molar-refractivity contribution in [2.45, 2.75) is 25.4 Å². The third kappa shape index (κ3) is 4.93. The van der Waals surface area contributed by atoms with Gasteiger partial charge in [0.25, 0.3) is 5.56 Å². The summed E-state index contributed by atoms with van der Waals surface area (Å²) in [6.45, 7) is 2.20. The number of benzene rings is 2. The Morgan fingerprint density at radius 1 is 1.17 bits per heavy atom. The molecule has 1 aliphatic rings. The zero-order valence-electron chi connectivity index (χ0n) is 15.8. The van der Waals surface area contributed by atoms with Crippen LogP contribution in [-0.4, -0.2) is 40.0 Å². The second kappa shape index (κ2) is 8.63. The van der Waals surface area contributed by atoms with Gasteiger partial charge in [-0.15, -0.1) is 0 Å². The molecule has 4 rings (SSSR count). The Labute approximate surface area is 173 Å². The van der Waals surface area contributed by atoms with E-state index in [0.717, 1.165) is 31.6 Å². The molecule has 3 aromatic rings. The van der Waals surface area contributed by atoms with E-state index in [2.05, 4.69) is 25.5 Å². The third-order valence-electron chi connectivity index (χ3n) is 5.04. The first-order valence-electron chi connectivity index (χ1n) is 9.60. The lowest BCUT2D eigenvalue weighted by Crippen LogP contribution is -2.45. The molecule has 1 fully saturated rings. The SMILES string of the molecule is O=C(Nc1ccccc1)NC1CCN(Cc2nc3ccc(Cl)cc3c(=O)[nH]2)CC1. The second-order valence-electron chi connectivity index (χ2n) is 7.19. The number of carbonyl (C=O) groups is 1. The topological polar surface area (TPSA) is 90.1 Å². The summed E-state index contributed by atoms with van der Waals surface area (Å²) in [5.41, 5.74) is 1.24. The molecule has 8 heteroatoms. The standard InChI is InChI=1S/C21H22ClN5O2/c22-14-6-7-18-17(12-14)20(28)26-19(25-18)13-27-10-8-16(9-11-27)24-21(29)23-15-4-2-1-3-5-15/h1-7,12,16H,8-11,13H2,(H2,23,24,29)(H,25,26,28). The number of hydrogen-bond acceptors (Lipinski definition) is 4. The summed E-state index contributed by atoms with van der Waals surface area (Å²) >= 11 is 5.96. The van der Waals surface area contributed by atoms with E-state index in [9.17, 15) is 9.59 Å². The largest absolute Gasteiger partial charge is 0.335 e. The summed E-state index contributed by atoms with van der Waals surface area (Å²) in [7, 11) is 0. The lowest BCUT2D eigenvalue weighted by molar-refractivity contribution is 0.186. The average molecular weight is 412 g/mol. The van der Waals surface area contributed by atoms with Gasteiger partial charge in [-0.2, -0.15) is 0 Å². The van der Waals surface area contributed by atoms with E-state index in [0.29, 0.717) is 28.3 Å². The molecule has 1 saturated heterocycles. The summed E-state index contributed by atoms with van der Waals surface area (Å²) in [4.78, 5) is 34.1. The molecule has 2 aromatic carbocycles. The van der Waals surface area contributed by atoms with Crippen molar-refractivity contribution in [3.8, 4) is 0 Å². The Bertz CT molecular complexity index is 1060. The van der Waals surface area contributed by atoms with Crippen LogP contribution in [0.2, 0.25) is 5.02 Å². The fourth-order valence-corrected chi connectivity index (χ4v) is 3.73. The van der Waals surface area contributed by atoms with Gasteiger partial charge in [0, 0.05) is 29.8 Å². The predicted octanol–water partition coefficient (Wildman–Crippen LogP) is 3.36. The van der Waals surface area contributed by atoms with Crippen LogP contribution in [0, 0.1) is 0 Å². The molecule has 3 N–H and O–H groups in total. The monoisotopic (exact) mass is 411 g/mol. The van der Waals surface area contributed by atoms with Gasteiger partial charge in [0.05, 0.1) is 17.4 Å². The van der Waals surface area contributed by atoms with Gasteiger partial charge < -0.3 is 15.6 Å². The number of fused-ring (bicyclic) bond motifs is 1. The number of carbonyl (C=O) groups excluding carboxylic acids is 1. The van der Waals surface area contributed by atoms with Gasteiger partial charge in [-0.05, 0) is 43.2 Å². The van der Waals surface area contributed by atoms with Crippen LogP contribution in [0.5, 0.6) is 0 Å². The highest BCUT2D eigenvalue weighted by atomic mass is 35.5. The van der Waals surface area contributed by atoms with Gasteiger partial charge in [0.15, 0.2) is 0 Å². The van der Waals surface area contributed by atoms with Crippen LogP contribution in [0.3, 0.4) is 0 Å². The maximum absolute atomic E-state index is 12.3. The van der Waals surface area contributed by atoms with Crippen molar-refractivity contribution >= 4 is 34.2 Å². The molecule has 150 valence electrons. The number of aromatic nitrogens is 2. The number of amides is 2. The van der Waals surface area contributed by atoms with E-state index in [4.69, 9.17) is 11.6 Å². The Morgan fingerprint density at radius 2 is 1.93 bits per heavy atom. The van der Waals surface area contributed by atoms with Crippen LogP contribution < -0.4 is 16.2 Å². The Hall–Kier alpha value is -2.90. The van der Waals surface area contributed by atoms with Gasteiger partial charge in [0.1, 0.15) is 5.82 Å². The number of likely N-dealkylation sites (tertiary alicyclic amines) is 1. The number of anilines is 1. The van der Waals surface area contributed by atoms with Crippen molar-refractivity contribution in [2.24, 2.45) is 0 Å². The lowest BCUT2D eigenvalue weighted by atomic mass is 10.1. The van der Waals surface area contributed by atoms with E-state index in [1.165, 1.54) is 0 Å². The van der Waals surface area contributed by atoms with Gasteiger partial charge in [-0.1, -0.05) is 29.8 Å². The number of rotatable bonds is 4. The molecule has 0 saturated carbocycles. The van der Waals surface area contributed by atoms with Crippen LogP contribution in [0.1, 0.15) is 18.7 Å². The van der Waals surface area contributed by atoms with Gasteiger partial charge >= 0.3 is 6.03 Å². The Balaban J connectivity index is 1.31. The molecule has 0 unspecified atom stereocenters. The van der Waals surface area contributed by atoms with E-state index in [-0.39, 0.29) is 17.6 Å². The fraction of sp³-hybridized carbons (Fsp3) is 0.286. The van der Waals surface area contributed by atoms with Crippen LogP contribution in [0.4, 0.5) is 10.5 Å². The van der Waals surface area contributed by atoms with E-state index >= 15 is 0 Å². The Kier molecular flexibility index (Phi) is 5.78. The summed E-state index contributed by atoms with van der Waals surface area (Å²) in [6, 6.07) is 14.4. The first kappa shape index (κ1) is 19.4. The van der Waals surface area contributed by atoms with Crippen molar-refractivity contribution in [1.82, 2.24) is 20.2 Å². The highest BCUT2D eigenvalue weighted by molar-refractivity contribution is 6.31. The van der Waals surface area contributed by atoms with Crippen molar-refractivity contribution in [2.75, 3.05) is 18.4 Å². The molecule has 1 aromatic heterocycles. The fourth-order valence-electron chi connectivity index (χ4n) is 3.56. The molecular weight excluding hydrogens is 390 g/mol. The lowest BCUT2D eigenvalue weighted by Gasteiger charge is -2.31. The number of H-pyrrole nitrogens is 1. The maximum Gasteiger partial charge on any atom is 0.319 e. The zero-order chi connectivity index (χ0) is 20.2. The molecule has 29 heavy (non-hydrogen) atoms. The second-order valence-corrected chi connectivity index (χ2v) is 7.63. The summed E-state index contributed by atoms with van der Waals surface area (Å²) in [5, 5.41) is 6.88. The van der Waals surface area contributed by atoms with Gasteiger partial charge in [0.2, 0.25) is 0 Å². The highest BCUT2D eigenvalue weighted by Crippen LogP contribution is 2.16. The van der Waals surface area contributed by atoms with Gasteiger partial charge in [-0.3, -0.25) is 9.69 Å². The van der Waals surface area contributed by atoms with Crippen LogP contribution in [0.25, 0.3) is 10.9 Å². The van der Waals surface area contributed by atoms with E-state index in [1.807, 2.05) is 30.3 Å². The van der Waals surface area contributed by atoms with Crippen LogP contribution >= 0.6 is 11.6 Å². The first-order valence-corrected chi connectivity index (χ1v) is 9.98. The molecule has 0 bridgehead atoms. The molecular formula is C21H22ClN5O2. The smallest absolute Gasteiger partial charge is 0.319 e. The number of urea groups is 1. The number of nitrogens with zero attached hydrogens (tertiary/aromatic N) is 2. The van der Waals surface area contributed by atoms with Gasteiger partial charge in [-0.25, -0.2) is 9.78 Å². The predicted molar refractivity (Wildman–Crippen MR) is 114 cm³/mol. The van der Waals surface area contributed by atoms with Crippen molar-refractivity contribution < 1.29 is 4.79 Å². The minimum atomic E-state index is -0.186. The number of halogens is 1. The summed E-state index contributed by atoms with van der Waals surface area (Å²) in [6.07, 6.45) is 1.69. The zero-order valence-corrected chi connectivity index (χ0v) is 16.6. The molecule has 0 atom stereocenters. The van der Waals surface area contributed by atoms with E-state index < -0.39 is 0 Å². The minimum absolute atomic E-state index is 0.126. The number of hydrogen-bond donors (Lipinski definition) is 3. The summed E-state index contributed by atoms with van der Waals surface area (Å²) in [5.74, 6) is 0.637. The summed E-state index contributed by atoms with van der Waals surface area (Å²) < 4.78 is 0. The molecule has 0 aliphatic carbocycles. The van der Waals surface area contributed by atoms with Crippen molar-refractivity contribution in [3.63, 3.8) is 0 Å². The molecule has 2 heterocycles. The van der Waals surface area contributed by atoms with Crippen LogP contribution in [0.15, 0.2) is 53.3 Å². The number of nitrogens with one attached hydrogen (secondary N) is 3. The number of para-hydroxylation sites is 1. The Morgan fingerprint density at radius 3 is 2.69 bits per heavy atom. The highest BCUT2D eigenvalue weighted by Gasteiger charge is 2.21. The molecule has 7 nitrogen and oxygen atoms in total. The third-order valence-corrected chi connectivity index (χ3v) is 5.28. The van der Waals surface area contributed by atoms with Crippen molar-refractivity contribution in [1.29, 1.82) is 0 Å². The number of piperidine rings is 1. The quantitative estimate of drug-likeness (QED) is 0.614. The van der Waals surface area contributed by atoms with Crippen LogP contribution in [-0.2, 0) is 6.54 Å². The molecule has 0 spiro atoms. The molecule has 1 aliphatic heterocycles. The van der Waals surface area contributed by atoms with Crippen molar-refractivity contribution in [3.05, 3.63) is 69.7 Å². The molecule has 2 amide bonds. The average Bonchev–Trinajstić information content (AvgIpc) is 2.71. The normalized spacial score (nSPS) is 15.3. The minimum Gasteiger partial charge on any atom is -0.335 e. The van der Waals surface area contributed by atoms with E-state index in [1.54, 1.807) is 18.2 Å².